The Bertz CT molecular complexity index is 651. The quantitative estimate of drug-likeness (QED) is 0.405. The minimum Gasteiger partial charge on any atom is -0.370 e. The van der Waals surface area contributed by atoms with Crippen molar-refractivity contribution in [3.63, 3.8) is 0 Å². The first kappa shape index (κ1) is 18.9. The molecule has 0 aliphatic heterocycles. The lowest BCUT2D eigenvalue weighted by molar-refractivity contribution is 0.508. The summed E-state index contributed by atoms with van der Waals surface area (Å²) in [6.45, 7) is 8.18. The molecule has 124 valence electrons. The molecule has 22 heavy (non-hydrogen) atoms. The van der Waals surface area contributed by atoms with Crippen LogP contribution < -0.4 is 15.8 Å². The van der Waals surface area contributed by atoms with E-state index in [-0.39, 0.29) is 23.5 Å². The predicted molar refractivity (Wildman–Crippen MR) is 93.4 cm³/mol. The van der Waals surface area contributed by atoms with Crippen LogP contribution in [0.2, 0.25) is 0 Å². The number of sulfonamides is 1. The first-order chi connectivity index (χ1) is 10.0. The summed E-state index contributed by atoms with van der Waals surface area (Å²) in [5.74, 6) is 0.295. The third-order valence-corrected chi connectivity index (χ3v) is 5.02. The Morgan fingerprint density at radius 2 is 2.00 bits per heavy atom. The number of aliphatic imine (C=N–C) groups is 1. The van der Waals surface area contributed by atoms with Gasteiger partial charge in [0.15, 0.2) is 5.96 Å². The zero-order valence-corrected chi connectivity index (χ0v) is 15.7. The van der Waals surface area contributed by atoms with E-state index < -0.39 is 10.0 Å². The molecule has 0 amide bonds. The summed E-state index contributed by atoms with van der Waals surface area (Å²) in [6, 6.07) is 5.17. The topological polar surface area (TPSA) is 96.6 Å². The second kappa shape index (κ2) is 7.43. The van der Waals surface area contributed by atoms with Gasteiger partial charge in [0.2, 0.25) is 10.0 Å². The molecule has 6 nitrogen and oxygen atoms in total. The zero-order valence-electron chi connectivity index (χ0n) is 13.3. The van der Waals surface area contributed by atoms with Gasteiger partial charge in [-0.3, -0.25) is 4.99 Å². The van der Waals surface area contributed by atoms with Crippen LogP contribution in [0, 0.1) is 6.92 Å². The van der Waals surface area contributed by atoms with E-state index in [1.54, 1.807) is 12.1 Å². The van der Waals surface area contributed by atoms with E-state index >= 15 is 0 Å². The van der Waals surface area contributed by atoms with E-state index in [2.05, 4.69) is 31.0 Å². The molecule has 1 rings (SSSR count). The fourth-order valence-corrected chi connectivity index (χ4v) is 3.74. The van der Waals surface area contributed by atoms with Crippen LogP contribution in [-0.4, -0.2) is 33.0 Å². The summed E-state index contributed by atoms with van der Waals surface area (Å²) in [4.78, 5) is 4.31. The third-order valence-electron chi connectivity index (χ3n) is 2.57. The number of rotatable bonds is 5. The van der Waals surface area contributed by atoms with Crippen LogP contribution >= 0.6 is 15.9 Å². The Morgan fingerprint density at radius 3 is 2.59 bits per heavy atom. The number of hydrogen-bond acceptors (Lipinski definition) is 3. The summed E-state index contributed by atoms with van der Waals surface area (Å²) in [5.41, 5.74) is 6.41. The highest BCUT2D eigenvalue weighted by atomic mass is 79.9. The van der Waals surface area contributed by atoms with Crippen molar-refractivity contribution in [3.8, 4) is 0 Å². The lowest BCUT2D eigenvalue weighted by Crippen LogP contribution is -2.45. The van der Waals surface area contributed by atoms with Crippen LogP contribution in [-0.2, 0) is 10.0 Å². The summed E-state index contributed by atoms with van der Waals surface area (Å²) in [5, 5.41) is 3.01. The highest BCUT2D eigenvalue weighted by Gasteiger charge is 2.17. The van der Waals surface area contributed by atoms with E-state index in [9.17, 15) is 8.42 Å². The average molecular weight is 391 g/mol. The Labute approximate surface area is 140 Å². The van der Waals surface area contributed by atoms with Crippen LogP contribution in [0.5, 0.6) is 0 Å². The maximum atomic E-state index is 12.2. The highest BCUT2D eigenvalue weighted by molar-refractivity contribution is 9.10. The molecule has 0 heterocycles. The van der Waals surface area contributed by atoms with Gasteiger partial charge in [-0.2, -0.15) is 0 Å². The Balaban J connectivity index is 2.64. The molecule has 0 aliphatic carbocycles. The molecule has 0 unspecified atom stereocenters. The number of guanidine groups is 1. The molecule has 4 N–H and O–H groups in total. The SMILES string of the molecule is Cc1ccc(Br)c(S(=O)(=O)NCCN=C(N)NC(C)(C)C)c1. The Hall–Kier alpha value is -1.12. The predicted octanol–water partition coefficient (Wildman–Crippen LogP) is 1.74. The second-order valence-electron chi connectivity index (χ2n) is 5.97. The molecule has 0 atom stereocenters. The van der Waals surface area contributed by atoms with Crippen molar-refractivity contribution in [3.05, 3.63) is 28.2 Å². The molecule has 0 aromatic heterocycles. The van der Waals surface area contributed by atoms with Crippen molar-refractivity contribution in [1.82, 2.24) is 10.0 Å². The van der Waals surface area contributed by atoms with Crippen molar-refractivity contribution < 1.29 is 8.42 Å². The van der Waals surface area contributed by atoms with Crippen molar-refractivity contribution in [2.75, 3.05) is 13.1 Å². The number of hydrogen-bond donors (Lipinski definition) is 3. The molecule has 0 bridgehead atoms. The van der Waals surface area contributed by atoms with Crippen LogP contribution in [0.4, 0.5) is 0 Å². The van der Waals surface area contributed by atoms with Crippen molar-refractivity contribution in [2.24, 2.45) is 10.7 Å². The summed E-state index contributed by atoms with van der Waals surface area (Å²) < 4.78 is 27.5. The van der Waals surface area contributed by atoms with Gasteiger partial charge in [-0.1, -0.05) is 6.07 Å². The van der Waals surface area contributed by atoms with Gasteiger partial charge in [0.25, 0.3) is 0 Å². The first-order valence-electron chi connectivity index (χ1n) is 6.85. The van der Waals surface area contributed by atoms with Crippen LogP contribution in [0.25, 0.3) is 0 Å². The normalized spacial score (nSPS) is 13.2. The molecule has 0 saturated carbocycles. The van der Waals surface area contributed by atoms with E-state index in [1.807, 2.05) is 33.8 Å². The maximum Gasteiger partial charge on any atom is 0.241 e. The van der Waals surface area contributed by atoms with Gasteiger partial charge in [-0.15, -0.1) is 0 Å². The fourth-order valence-electron chi connectivity index (χ4n) is 1.67. The highest BCUT2D eigenvalue weighted by Crippen LogP contribution is 2.22. The van der Waals surface area contributed by atoms with Gasteiger partial charge in [-0.25, -0.2) is 13.1 Å². The molecule has 1 aromatic rings. The Morgan fingerprint density at radius 1 is 1.36 bits per heavy atom. The third kappa shape index (κ3) is 6.33. The smallest absolute Gasteiger partial charge is 0.241 e. The number of nitrogens with two attached hydrogens (primary N) is 1. The van der Waals surface area contributed by atoms with Crippen molar-refractivity contribution in [2.45, 2.75) is 38.1 Å². The van der Waals surface area contributed by atoms with E-state index in [0.29, 0.717) is 10.4 Å². The minimum atomic E-state index is -3.57. The molecule has 0 fully saturated rings. The first-order valence-corrected chi connectivity index (χ1v) is 9.13. The van der Waals surface area contributed by atoms with E-state index in [1.165, 1.54) is 0 Å². The molecular weight excluding hydrogens is 368 g/mol. The molecule has 8 heteroatoms. The Kier molecular flexibility index (Phi) is 6.39. The molecule has 1 aromatic carbocycles. The van der Waals surface area contributed by atoms with Crippen LogP contribution in [0.1, 0.15) is 26.3 Å². The molecule has 0 saturated heterocycles. The second-order valence-corrected chi connectivity index (χ2v) is 8.56. The molecule has 0 aliphatic rings. The summed E-state index contributed by atoms with van der Waals surface area (Å²) in [6.07, 6.45) is 0. The van der Waals surface area contributed by atoms with Crippen molar-refractivity contribution in [1.29, 1.82) is 0 Å². The summed E-state index contributed by atoms with van der Waals surface area (Å²) >= 11 is 3.25. The van der Waals surface area contributed by atoms with Crippen LogP contribution in [0.3, 0.4) is 0 Å². The average Bonchev–Trinajstić information content (AvgIpc) is 2.35. The lowest BCUT2D eigenvalue weighted by atomic mass is 10.1. The standard InChI is InChI=1S/C14H23BrN4O2S/c1-10-5-6-11(15)12(9-10)22(20,21)18-8-7-17-13(16)19-14(2,3)4/h5-6,9,18H,7-8H2,1-4H3,(H3,16,17,19). The van der Waals surface area contributed by atoms with Gasteiger partial charge >= 0.3 is 0 Å². The summed E-state index contributed by atoms with van der Waals surface area (Å²) in [7, 11) is -3.57. The number of aryl methyl sites for hydroxylation is 1. The van der Waals surface area contributed by atoms with Gasteiger partial charge in [0, 0.05) is 16.6 Å². The van der Waals surface area contributed by atoms with Crippen LogP contribution in [0.15, 0.2) is 32.6 Å². The molecule has 0 spiro atoms. The molecule has 0 radical (unpaired) electrons. The van der Waals surface area contributed by atoms with Gasteiger partial charge < -0.3 is 11.1 Å². The molecular formula is C14H23BrN4O2S. The fraction of sp³-hybridized carbons (Fsp3) is 0.500. The van der Waals surface area contributed by atoms with E-state index in [0.717, 1.165) is 5.56 Å². The van der Waals surface area contributed by atoms with E-state index in [4.69, 9.17) is 5.73 Å². The van der Waals surface area contributed by atoms with Gasteiger partial charge in [0.05, 0.1) is 11.4 Å². The maximum absolute atomic E-state index is 12.2. The van der Waals surface area contributed by atoms with Gasteiger partial charge in [-0.05, 0) is 61.3 Å². The monoisotopic (exact) mass is 390 g/mol. The van der Waals surface area contributed by atoms with Gasteiger partial charge in [0.1, 0.15) is 0 Å². The number of nitrogens with one attached hydrogen (secondary N) is 2. The van der Waals surface area contributed by atoms with Crippen molar-refractivity contribution >= 4 is 31.9 Å². The number of benzene rings is 1. The lowest BCUT2D eigenvalue weighted by Gasteiger charge is -2.21. The number of nitrogens with zero attached hydrogens (tertiary/aromatic N) is 1. The zero-order chi connectivity index (χ0) is 17.0. The number of halogens is 1. The minimum absolute atomic E-state index is 0.176. The largest absolute Gasteiger partial charge is 0.370 e.